The second kappa shape index (κ2) is 8.22. The molecule has 5 nitrogen and oxygen atoms in total. The number of hydrogen-bond acceptors (Lipinski definition) is 5. The van der Waals surface area contributed by atoms with Crippen molar-refractivity contribution < 1.29 is 14.2 Å². The molecule has 0 amide bonds. The molecular weight excluding hydrogens is 268 g/mol. The highest BCUT2D eigenvalue weighted by Gasteiger charge is 2.19. The van der Waals surface area contributed by atoms with Gasteiger partial charge >= 0.3 is 0 Å². The maximum absolute atomic E-state index is 5.85. The minimum absolute atomic E-state index is 0.331. The molecule has 118 valence electrons. The predicted molar refractivity (Wildman–Crippen MR) is 84.1 cm³/mol. The first-order valence-electron chi connectivity index (χ1n) is 7.46. The van der Waals surface area contributed by atoms with Crippen LogP contribution >= 0.6 is 0 Å². The van der Waals surface area contributed by atoms with Gasteiger partial charge < -0.3 is 19.5 Å². The number of ether oxygens (including phenoxy) is 3. The number of nitrogens with zero attached hydrogens (tertiary/aromatic N) is 1. The summed E-state index contributed by atoms with van der Waals surface area (Å²) < 4.78 is 16.4. The van der Waals surface area contributed by atoms with Gasteiger partial charge in [-0.25, -0.2) is 0 Å². The summed E-state index contributed by atoms with van der Waals surface area (Å²) in [5.74, 6) is 0.982. The molecule has 0 aromatic heterocycles. The third-order valence-corrected chi connectivity index (χ3v) is 3.75. The summed E-state index contributed by atoms with van der Waals surface area (Å²) in [6.07, 6.45) is 0. The molecule has 0 bridgehead atoms. The minimum atomic E-state index is 0.331. The van der Waals surface area contributed by atoms with Gasteiger partial charge in [-0.15, -0.1) is 0 Å². The van der Waals surface area contributed by atoms with E-state index in [1.807, 2.05) is 0 Å². The second-order valence-electron chi connectivity index (χ2n) is 5.34. The van der Waals surface area contributed by atoms with E-state index in [0.717, 1.165) is 37.7 Å². The van der Waals surface area contributed by atoms with Crippen LogP contribution in [0.25, 0.3) is 0 Å². The van der Waals surface area contributed by atoms with Crippen molar-refractivity contribution in [2.75, 3.05) is 52.4 Å². The first-order valence-corrected chi connectivity index (χ1v) is 7.46. The van der Waals surface area contributed by atoms with Crippen LogP contribution in [0.4, 0.5) is 5.69 Å². The fourth-order valence-electron chi connectivity index (χ4n) is 2.59. The van der Waals surface area contributed by atoms with Crippen LogP contribution in [0.3, 0.4) is 0 Å². The van der Waals surface area contributed by atoms with Crippen LogP contribution in [0.15, 0.2) is 18.2 Å². The second-order valence-corrected chi connectivity index (χ2v) is 5.34. The summed E-state index contributed by atoms with van der Waals surface area (Å²) in [5, 5.41) is 3.38. The zero-order valence-corrected chi connectivity index (χ0v) is 13.2. The van der Waals surface area contributed by atoms with Gasteiger partial charge in [0.2, 0.25) is 0 Å². The van der Waals surface area contributed by atoms with E-state index in [0.29, 0.717) is 19.3 Å². The summed E-state index contributed by atoms with van der Waals surface area (Å²) in [4.78, 5) is 2.36. The molecule has 0 fully saturated rings. The van der Waals surface area contributed by atoms with Crippen molar-refractivity contribution in [1.82, 2.24) is 4.90 Å². The van der Waals surface area contributed by atoms with E-state index in [9.17, 15) is 0 Å². The molecule has 1 atom stereocenters. The smallest absolute Gasteiger partial charge is 0.146 e. The van der Waals surface area contributed by atoms with Gasteiger partial charge in [0.05, 0.1) is 18.9 Å². The van der Waals surface area contributed by atoms with E-state index in [2.05, 4.69) is 35.3 Å². The molecule has 1 N–H and O–H groups in total. The number of anilines is 1. The van der Waals surface area contributed by atoms with Crippen LogP contribution in [-0.4, -0.2) is 58.1 Å². The van der Waals surface area contributed by atoms with Crippen LogP contribution in [0.1, 0.15) is 12.5 Å². The molecule has 1 aliphatic heterocycles. The molecule has 1 unspecified atom stereocenters. The molecule has 0 aliphatic carbocycles. The largest absolute Gasteiger partial charge is 0.489 e. The average Bonchev–Trinajstić information content (AvgIpc) is 2.51. The number of para-hydroxylation sites is 1. The molecule has 0 saturated heterocycles. The normalized spacial score (nSPS) is 15.2. The van der Waals surface area contributed by atoms with E-state index < -0.39 is 0 Å². The lowest BCUT2D eigenvalue weighted by atomic mass is 10.1. The van der Waals surface area contributed by atoms with Crippen molar-refractivity contribution in [2.45, 2.75) is 19.5 Å². The lowest BCUT2D eigenvalue weighted by Gasteiger charge is -2.30. The fourth-order valence-corrected chi connectivity index (χ4v) is 2.59. The highest BCUT2D eigenvalue weighted by molar-refractivity contribution is 5.61. The molecule has 0 radical (unpaired) electrons. The Morgan fingerprint density at radius 2 is 2.19 bits per heavy atom. The number of hydrogen-bond donors (Lipinski definition) is 1. The highest BCUT2D eigenvalue weighted by atomic mass is 16.5. The zero-order chi connectivity index (χ0) is 15.1. The number of methoxy groups -OCH3 is 2. The Morgan fingerprint density at radius 3 is 2.95 bits per heavy atom. The molecule has 0 saturated carbocycles. The van der Waals surface area contributed by atoms with Crippen LogP contribution in [0, 0.1) is 0 Å². The zero-order valence-electron chi connectivity index (χ0n) is 13.2. The summed E-state index contributed by atoms with van der Waals surface area (Å²) in [7, 11) is 3.47. The third kappa shape index (κ3) is 4.33. The topological polar surface area (TPSA) is 43.0 Å². The van der Waals surface area contributed by atoms with Crippen molar-refractivity contribution in [3.05, 3.63) is 23.8 Å². The summed E-state index contributed by atoms with van der Waals surface area (Å²) >= 11 is 0. The first-order chi connectivity index (χ1) is 10.3. The van der Waals surface area contributed by atoms with E-state index in [1.165, 1.54) is 5.56 Å². The van der Waals surface area contributed by atoms with E-state index in [-0.39, 0.29) is 0 Å². The Kier molecular flexibility index (Phi) is 6.29. The molecular formula is C16H26N2O3. The van der Waals surface area contributed by atoms with Gasteiger partial charge in [0.25, 0.3) is 0 Å². The van der Waals surface area contributed by atoms with Gasteiger partial charge in [-0.3, -0.25) is 4.90 Å². The Balaban J connectivity index is 2.11. The third-order valence-electron chi connectivity index (χ3n) is 3.75. The standard InChI is InChI=1S/C16H26N2O3/c1-13(12-20-3)18(8-10-19-2)11-14-5-4-6-15-16(14)21-9-7-17-15/h4-6,13,17H,7-12H2,1-3H3. The van der Waals surface area contributed by atoms with E-state index >= 15 is 0 Å². The molecule has 1 heterocycles. The van der Waals surface area contributed by atoms with Crippen LogP contribution in [-0.2, 0) is 16.0 Å². The Morgan fingerprint density at radius 1 is 1.33 bits per heavy atom. The van der Waals surface area contributed by atoms with E-state index in [4.69, 9.17) is 14.2 Å². The molecule has 0 spiro atoms. The van der Waals surface area contributed by atoms with Gasteiger partial charge in [0.15, 0.2) is 0 Å². The molecule has 21 heavy (non-hydrogen) atoms. The van der Waals surface area contributed by atoms with Crippen molar-refractivity contribution in [2.24, 2.45) is 0 Å². The van der Waals surface area contributed by atoms with Crippen molar-refractivity contribution >= 4 is 5.69 Å². The number of rotatable bonds is 8. The van der Waals surface area contributed by atoms with Gasteiger partial charge in [0, 0.05) is 45.5 Å². The average molecular weight is 294 g/mol. The van der Waals surface area contributed by atoms with Crippen molar-refractivity contribution in [3.63, 3.8) is 0 Å². The predicted octanol–water partition coefficient (Wildman–Crippen LogP) is 1.97. The molecule has 1 aliphatic rings. The molecule has 5 heteroatoms. The summed E-state index contributed by atoms with van der Waals surface area (Å²) in [5.41, 5.74) is 2.29. The minimum Gasteiger partial charge on any atom is -0.489 e. The lowest BCUT2D eigenvalue weighted by Crippen LogP contribution is -2.38. The van der Waals surface area contributed by atoms with Gasteiger partial charge in [-0.1, -0.05) is 12.1 Å². The first kappa shape index (κ1) is 16.1. The van der Waals surface area contributed by atoms with Crippen molar-refractivity contribution in [1.29, 1.82) is 0 Å². The summed E-state index contributed by atoms with van der Waals surface area (Å²) in [6, 6.07) is 6.60. The fraction of sp³-hybridized carbons (Fsp3) is 0.625. The Labute approximate surface area is 127 Å². The maximum atomic E-state index is 5.85. The Hall–Kier alpha value is -1.30. The lowest BCUT2D eigenvalue weighted by molar-refractivity contribution is 0.0699. The van der Waals surface area contributed by atoms with Gasteiger partial charge in [0.1, 0.15) is 12.4 Å². The number of benzene rings is 1. The number of nitrogens with one attached hydrogen (secondary N) is 1. The molecule has 2 rings (SSSR count). The van der Waals surface area contributed by atoms with Gasteiger partial charge in [-0.05, 0) is 13.0 Å². The van der Waals surface area contributed by atoms with Gasteiger partial charge in [-0.2, -0.15) is 0 Å². The maximum Gasteiger partial charge on any atom is 0.146 e. The summed E-state index contributed by atoms with van der Waals surface area (Å²) in [6.45, 7) is 6.88. The van der Waals surface area contributed by atoms with Crippen LogP contribution in [0.5, 0.6) is 5.75 Å². The Bertz CT molecular complexity index is 440. The van der Waals surface area contributed by atoms with Crippen LogP contribution < -0.4 is 10.1 Å². The highest BCUT2D eigenvalue weighted by Crippen LogP contribution is 2.32. The molecule has 1 aromatic rings. The SMILES string of the molecule is COCCN(Cc1cccc2c1OCCN2)C(C)COC. The quantitative estimate of drug-likeness (QED) is 0.794. The molecule has 1 aromatic carbocycles. The van der Waals surface area contributed by atoms with Crippen LogP contribution in [0.2, 0.25) is 0 Å². The monoisotopic (exact) mass is 294 g/mol. The van der Waals surface area contributed by atoms with E-state index in [1.54, 1.807) is 14.2 Å². The number of fused-ring (bicyclic) bond motifs is 1. The van der Waals surface area contributed by atoms with Crippen molar-refractivity contribution in [3.8, 4) is 5.75 Å².